The fourth-order valence-corrected chi connectivity index (χ4v) is 11.5. The summed E-state index contributed by atoms with van der Waals surface area (Å²) in [6, 6.07) is 0. The van der Waals surface area contributed by atoms with Crippen molar-refractivity contribution in [3.8, 4) is 0 Å². The predicted octanol–water partition coefficient (Wildman–Crippen LogP) is 9.85. The van der Waals surface area contributed by atoms with Crippen molar-refractivity contribution in [2.24, 2.45) is 70.0 Å². The Labute approximate surface area is 231 Å². The molecule has 4 rings (SSSR count). The molecule has 0 aromatic heterocycles. The molecule has 0 aromatic rings. The van der Waals surface area contributed by atoms with Crippen LogP contribution in [0.3, 0.4) is 0 Å². The summed E-state index contributed by atoms with van der Waals surface area (Å²) in [6.07, 6.45) is 17.1. The van der Waals surface area contributed by atoms with E-state index in [9.17, 15) is 9.90 Å². The lowest BCUT2D eigenvalue weighted by molar-refractivity contribution is -0.149. The molecule has 0 saturated heterocycles. The van der Waals surface area contributed by atoms with Gasteiger partial charge in [0.05, 0.1) is 5.92 Å². The molecule has 0 aliphatic heterocycles. The Kier molecular flexibility index (Phi) is 9.32. The minimum atomic E-state index is -0.560. The maximum absolute atomic E-state index is 12.0. The van der Waals surface area contributed by atoms with Gasteiger partial charge in [0.2, 0.25) is 0 Å². The second-order valence-electron chi connectivity index (χ2n) is 14.8. The minimum absolute atomic E-state index is 0.152. The number of alkyl halides is 1. The van der Waals surface area contributed by atoms with Crippen LogP contribution in [0.2, 0.25) is 0 Å². The van der Waals surface area contributed by atoms with Crippen molar-refractivity contribution in [2.75, 3.05) is 5.33 Å². The lowest BCUT2D eigenvalue weighted by Gasteiger charge is -2.61. The van der Waals surface area contributed by atoms with Crippen molar-refractivity contribution in [2.45, 2.75) is 125 Å². The molecule has 36 heavy (non-hydrogen) atoms. The molecule has 3 heteroatoms. The van der Waals surface area contributed by atoms with Crippen LogP contribution in [0.25, 0.3) is 0 Å². The van der Waals surface area contributed by atoms with Gasteiger partial charge in [-0.1, -0.05) is 70.3 Å². The molecule has 0 spiro atoms. The van der Waals surface area contributed by atoms with Gasteiger partial charge in [-0.25, -0.2) is 0 Å². The fraction of sp³-hybridized carbons (Fsp3) is 0.970. The van der Waals surface area contributed by atoms with Crippen molar-refractivity contribution in [3.63, 3.8) is 0 Å². The number of carboxylic acid groups (broad SMARTS) is 1. The molecule has 0 bridgehead atoms. The van der Waals surface area contributed by atoms with Crippen LogP contribution >= 0.6 is 15.9 Å². The van der Waals surface area contributed by atoms with Gasteiger partial charge in [0.25, 0.3) is 0 Å². The van der Waals surface area contributed by atoms with Crippen LogP contribution in [0.1, 0.15) is 125 Å². The molecule has 0 aromatic carbocycles. The summed E-state index contributed by atoms with van der Waals surface area (Å²) in [7, 11) is 0. The van der Waals surface area contributed by atoms with E-state index in [2.05, 4.69) is 57.5 Å². The standard InChI is InChI=1S/C33H57BrO2/c1-7-23(21(2)3)9-8-22(4)28-12-13-29-27-11-10-25-20-24(26(16-19-34)31(35)36)14-17-32(25,5)30(27)15-18-33(28,29)6/h21-30H,7-20H2,1-6H3,(H,35,36)/t22-,23-,24+,25+,26?,27+,28-,29+,30+,32+,33-/m1/s1. The molecule has 4 saturated carbocycles. The number of fused-ring (bicyclic) bond motifs is 5. The van der Waals surface area contributed by atoms with Gasteiger partial charge >= 0.3 is 5.97 Å². The predicted molar refractivity (Wildman–Crippen MR) is 155 cm³/mol. The summed E-state index contributed by atoms with van der Waals surface area (Å²) in [6.45, 7) is 15.2. The fourth-order valence-electron chi connectivity index (χ4n) is 11.0. The lowest BCUT2D eigenvalue weighted by Crippen LogP contribution is -2.54. The molecular weight excluding hydrogens is 508 g/mol. The zero-order valence-electron chi connectivity index (χ0n) is 24.4. The second kappa shape index (κ2) is 11.6. The molecule has 0 amide bonds. The summed E-state index contributed by atoms with van der Waals surface area (Å²) < 4.78 is 0. The van der Waals surface area contributed by atoms with Gasteiger partial charge in [-0.3, -0.25) is 4.79 Å². The summed E-state index contributed by atoms with van der Waals surface area (Å²) in [5.41, 5.74) is 1.01. The second-order valence-corrected chi connectivity index (χ2v) is 15.6. The zero-order valence-corrected chi connectivity index (χ0v) is 26.0. The van der Waals surface area contributed by atoms with Gasteiger partial charge in [-0.05, 0) is 135 Å². The third-order valence-corrected chi connectivity index (χ3v) is 13.7. The highest BCUT2D eigenvalue weighted by molar-refractivity contribution is 9.09. The molecular formula is C33H57BrO2. The topological polar surface area (TPSA) is 37.3 Å². The maximum atomic E-state index is 12.0. The largest absolute Gasteiger partial charge is 0.481 e. The first-order valence-electron chi connectivity index (χ1n) is 15.9. The smallest absolute Gasteiger partial charge is 0.306 e. The molecule has 1 unspecified atom stereocenters. The number of hydrogen-bond acceptors (Lipinski definition) is 1. The Balaban J connectivity index is 1.43. The molecule has 4 aliphatic rings. The normalized spacial score (nSPS) is 42.8. The summed E-state index contributed by atoms with van der Waals surface area (Å²) in [5.74, 6) is 6.68. The number of carbonyl (C=O) groups is 1. The van der Waals surface area contributed by atoms with Crippen LogP contribution in [0.15, 0.2) is 0 Å². The Hall–Kier alpha value is -0.0500. The highest BCUT2D eigenvalue weighted by Crippen LogP contribution is 2.69. The van der Waals surface area contributed by atoms with E-state index >= 15 is 0 Å². The third kappa shape index (κ3) is 5.23. The monoisotopic (exact) mass is 564 g/mol. The molecule has 2 nitrogen and oxygen atoms in total. The van der Waals surface area contributed by atoms with Crippen molar-refractivity contribution in [3.05, 3.63) is 0 Å². The quantitative estimate of drug-likeness (QED) is 0.268. The van der Waals surface area contributed by atoms with Gasteiger partial charge in [0, 0.05) is 5.33 Å². The summed E-state index contributed by atoms with van der Waals surface area (Å²) >= 11 is 3.52. The number of rotatable bonds is 10. The number of halogens is 1. The first-order chi connectivity index (χ1) is 17.1. The highest BCUT2D eigenvalue weighted by Gasteiger charge is 2.60. The van der Waals surface area contributed by atoms with Crippen LogP contribution in [0, 0.1) is 70.0 Å². The van der Waals surface area contributed by atoms with E-state index < -0.39 is 5.97 Å². The highest BCUT2D eigenvalue weighted by atomic mass is 79.9. The molecule has 208 valence electrons. The van der Waals surface area contributed by atoms with Gasteiger partial charge in [0.1, 0.15) is 0 Å². The van der Waals surface area contributed by atoms with Crippen LogP contribution < -0.4 is 0 Å². The molecule has 4 fully saturated rings. The van der Waals surface area contributed by atoms with E-state index in [4.69, 9.17) is 0 Å². The van der Waals surface area contributed by atoms with E-state index in [1.807, 2.05) is 0 Å². The number of carboxylic acids is 1. The van der Waals surface area contributed by atoms with E-state index in [1.54, 1.807) is 0 Å². The van der Waals surface area contributed by atoms with Gasteiger partial charge in [-0.2, -0.15) is 0 Å². The minimum Gasteiger partial charge on any atom is -0.481 e. The number of aliphatic carboxylic acids is 1. The molecule has 4 aliphatic carbocycles. The first kappa shape index (κ1) is 28.9. The van der Waals surface area contributed by atoms with Crippen molar-refractivity contribution in [1.82, 2.24) is 0 Å². The van der Waals surface area contributed by atoms with Crippen LogP contribution in [0.5, 0.6) is 0 Å². The van der Waals surface area contributed by atoms with Crippen LogP contribution in [-0.2, 0) is 4.79 Å². The molecule has 1 N–H and O–H groups in total. The Morgan fingerprint density at radius 1 is 0.917 bits per heavy atom. The van der Waals surface area contributed by atoms with E-state index in [-0.39, 0.29) is 5.92 Å². The van der Waals surface area contributed by atoms with E-state index in [0.29, 0.717) is 16.7 Å². The van der Waals surface area contributed by atoms with Gasteiger partial charge < -0.3 is 5.11 Å². The number of hydrogen-bond donors (Lipinski definition) is 1. The summed E-state index contributed by atoms with van der Waals surface area (Å²) in [5, 5.41) is 10.7. The molecule has 11 atom stereocenters. The Bertz CT molecular complexity index is 750. The van der Waals surface area contributed by atoms with Crippen molar-refractivity contribution < 1.29 is 9.90 Å². The van der Waals surface area contributed by atoms with Crippen LogP contribution in [0.4, 0.5) is 0 Å². The third-order valence-electron chi connectivity index (χ3n) is 13.2. The summed E-state index contributed by atoms with van der Waals surface area (Å²) in [4.78, 5) is 12.0. The van der Waals surface area contributed by atoms with Gasteiger partial charge in [-0.15, -0.1) is 0 Å². The molecule has 0 radical (unpaired) electrons. The molecule has 0 heterocycles. The van der Waals surface area contributed by atoms with E-state index in [0.717, 1.165) is 65.5 Å². The average Bonchev–Trinajstić information content (AvgIpc) is 3.19. The first-order valence-corrected chi connectivity index (χ1v) is 17.0. The van der Waals surface area contributed by atoms with Crippen molar-refractivity contribution >= 4 is 21.9 Å². The maximum Gasteiger partial charge on any atom is 0.306 e. The van der Waals surface area contributed by atoms with Gasteiger partial charge in [0.15, 0.2) is 0 Å². The van der Waals surface area contributed by atoms with E-state index in [1.165, 1.54) is 70.6 Å². The Morgan fingerprint density at radius 3 is 2.25 bits per heavy atom. The SMILES string of the molecule is CC[C@H](CC[C@@H](C)[C@H]1CC[C@H]2[C@@H]3CC[C@H]4C[C@@H](C(CCBr)C(=O)O)CC[C@]4(C)[C@H]3CC[C@]12C)C(C)C. The Morgan fingerprint density at radius 2 is 1.61 bits per heavy atom. The van der Waals surface area contributed by atoms with Crippen molar-refractivity contribution in [1.29, 1.82) is 0 Å². The zero-order chi connectivity index (χ0) is 26.3. The average molecular weight is 566 g/mol. The van der Waals surface area contributed by atoms with Crippen LogP contribution in [-0.4, -0.2) is 16.4 Å². The lowest BCUT2D eigenvalue weighted by atomic mass is 9.43.